The number of nitrogens with one attached hydrogen (secondary N) is 2. The molecule has 1 unspecified atom stereocenters. The number of hydrogen-bond donors (Lipinski definition) is 2. The first kappa shape index (κ1) is 16.2. The molecule has 2 aromatic carbocycles. The Bertz CT molecular complexity index is 843. The van der Waals surface area contributed by atoms with E-state index >= 15 is 0 Å². The normalized spacial score (nSPS) is 12.0. The van der Waals surface area contributed by atoms with Crippen LogP contribution in [0.25, 0.3) is 11.3 Å². The third-order valence-corrected chi connectivity index (χ3v) is 3.99. The third-order valence-electron chi connectivity index (χ3n) is 3.73. The number of nitrogens with zero attached hydrogens (tertiary/aromatic N) is 1. The Hall–Kier alpha value is -2.66. The second-order valence-electron chi connectivity index (χ2n) is 5.41. The molecular weight excluding hydrogens is 329 g/mol. The van der Waals surface area contributed by atoms with Crippen LogP contribution in [0.4, 0.5) is 4.39 Å². The van der Waals surface area contributed by atoms with Crippen molar-refractivity contribution in [1.82, 2.24) is 15.5 Å². The number of amides is 1. The highest BCUT2D eigenvalue weighted by atomic mass is 35.5. The molecule has 24 heavy (non-hydrogen) atoms. The van der Waals surface area contributed by atoms with Crippen LogP contribution in [0.2, 0.25) is 5.02 Å². The summed E-state index contributed by atoms with van der Waals surface area (Å²) in [6, 6.07) is 13.0. The maximum Gasteiger partial charge on any atom is 0.255 e. The van der Waals surface area contributed by atoms with Crippen molar-refractivity contribution in [3.8, 4) is 11.3 Å². The molecule has 0 spiro atoms. The van der Waals surface area contributed by atoms with Crippen molar-refractivity contribution in [2.75, 3.05) is 0 Å². The van der Waals surface area contributed by atoms with Crippen LogP contribution in [0, 0.1) is 5.82 Å². The Kier molecular flexibility index (Phi) is 4.62. The van der Waals surface area contributed by atoms with Gasteiger partial charge in [-0.1, -0.05) is 23.7 Å². The number of aromatic nitrogens is 2. The van der Waals surface area contributed by atoms with Gasteiger partial charge in [-0.3, -0.25) is 9.89 Å². The van der Waals surface area contributed by atoms with Gasteiger partial charge in [0.05, 0.1) is 23.5 Å². The lowest BCUT2D eigenvalue weighted by molar-refractivity contribution is 0.0940. The van der Waals surface area contributed by atoms with Crippen molar-refractivity contribution in [3.05, 3.63) is 76.7 Å². The van der Waals surface area contributed by atoms with E-state index in [0.717, 1.165) is 5.56 Å². The molecule has 1 aromatic heterocycles. The molecule has 3 aromatic rings. The van der Waals surface area contributed by atoms with Gasteiger partial charge in [0.1, 0.15) is 5.82 Å². The minimum Gasteiger partial charge on any atom is -0.345 e. The van der Waals surface area contributed by atoms with Crippen molar-refractivity contribution in [3.63, 3.8) is 0 Å². The summed E-state index contributed by atoms with van der Waals surface area (Å²) < 4.78 is 13.1. The zero-order valence-corrected chi connectivity index (χ0v) is 13.6. The number of rotatable bonds is 4. The van der Waals surface area contributed by atoms with Gasteiger partial charge in [0.2, 0.25) is 0 Å². The van der Waals surface area contributed by atoms with E-state index in [1.807, 2.05) is 19.1 Å². The lowest BCUT2D eigenvalue weighted by Crippen LogP contribution is -2.26. The number of carbonyl (C=O) groups excluding carboxylic acids is 1. The van der Waals surface area contributed by atoms with Gasteiger partial charge in [-0.15, -0.1) is 0 Å². The Morgan fingerprint density at radius 3 is 2.50 bits per heavy atom. The molecule has 2 N–H and O–H groups in total. The van der Waals surface area contributed by atoms with Gasteiger partial charge in [0.25, 0.3) is 5.91 Å². The molecule has 1 heterocycles. The summed E-state index contributed by atoms with van der Waals surface area (Å²) >= 11 is 5.88. The first-order valence-electron chi connectivity index (χ1n) is 7.40. The van der Waals surface area contributed by atoms with Crippen molar-refractivity contribution in [2.24, 2.45) is 0 Å². The molecular formula is C18H15ClFN3O. The number of halogens is 2. The predicted molar refractivity (Wildman–Crippen MR) is 91.3 cm³/mol. The largest absolute Gasteiger partial charge is 0.345 e. The molecule has 6 heteroatoms. The first-order chi connectivity index (χ1) is 11.5. The van der Waals surface area contributed by atoms with Gasteiger partial charge >= 0.3 is 0 Å². The maximum atomic E-state index is 13.1. The van der Waals surface area contributed by atoms with Crippen LogP contribution in [0.1, 0.15) is 28.9 Å². The van der Waals surface area contributed by atoms with Crippen LogP contribution in [0.15, 0.2) is 54.7 Å². The summed E-state index contributed by atoms with van der Waals surface area (Å²) in [6.45, 7) is 1.89. The fraction of sp³-hybridized carbons (Fsp3) is 0.111. The van der Waals surface area contributed by atoms with Crippen LogP contribution in [0.3, 0.4) is 0 Å². The highest BCUT2D eigenvalue weighted by Gasteiger charge is 2.17. The van der Waals surface area contributed by atoms with Gasteiger partial charge in [-0.25, -0.2) is 4.39 Å². The second kappa shape index (κ2) is 6.84. The Morgan fingerprint density at radius 1 is 1.17 bits per heavy atom. The maximum absolute atomic E-state index is 13.1. The van der Waals surface area contributed by atoms with Crippen molar-refractivity contribution in [2.45, 2.75) is 13.0 Å². The fourth-order valence-corrected chi connectivity index (χ4v) is 2.53. The predicted octanol–water partition coefficient (Wildman–Crippen LogP) is 4.36. The fourth-order valence-electron chi connectivity index (χ4n) is 2.40. The van der Waals surface area contributed by atoms with Crippen LogP contribution in [-0.2, 0) is 0 Å². The first-order valence-corrected chi connectivity index (χ1v) is 7.78. The van der Waals surface area contributed by atoms with E-state index in [2.05, 4.69) is 15.5 Å². The zero-order valence-electron chi connectivity index (χ0n) is 12.9. The van der Waals surface area contributed by atoms with Gasteiger partial charge in [-0.2, -0.15) is 5.10 Å². The summed E-state index contributed by atoms with van der Waals surface area (Å²) in [5.74, 6) is -0.592. The van der Waals surface area contributed by atoms with E-state index in [1.165, 1.54) is 18.3 Å². The molecule has 1 atom stereocenters. The number of hydrogen-bond acceptors (Lipinski definition) is 2. The average Bonchev–Trinajstić information content (AvgIpc) is 3.06. The minimum atomic E-state index is -0.333. The standard InChI is InChI=1S/C18H15ClFN3O/c1-11(12-2-6-14(19)7-3-12)22-18(24)16-10-21-23-17(16)13-4-8-15(20)9-5-13/h2-11H,1H3,(H,21,23)(H,22,24). The average molecular weight is 344 g/mol. The zero-order chi connectivity index (χ0) is 17.1. The molecule has 0 bridgehead atoms. The molecule has 0 saturated carbocycles. The van der Waals surface area contributed by atoms with E-state index in [4.69, 9.17) is 11.6 Å². The summed E-state index contributed by atoms with van der Waals surface area (Å²) in [6.07, 6.45) is 1.46. The quantitative estimate of drug-likeness (QED) is 0.739. The minimum absolute atomic E-state index is 0.189. The summed E-state index contributed by atoms with van der Waals surface area (Å²) in [7, 11) is 0. The molecule has 3 rings (SSSR count). The topological polar surface area (TPSA) is 57.8 Å². The number of carbonyl (C=O) groups is 1. The van der Waals surface area contributed by atoms with Crippen molar-refractivity contribution < 1.29 is 9.18 Å². The number of benzene rings is 2. The van der Waals surface area contributed by atoms with Crippen LogP contribution in [-0.4, -0.2) is 16.1 Å². The molecule has 0 aliphatic carbocycles. The number of H-pyrrole nitrogens is 1. The van der Waals surface area contributed by atoms with Crippen LogP contribution >= 0.6 is 11.6 Å². The highest BCUT2D eigenvalue weighted by molar-refractivity contribution is 6.30. The monoisotopic (exact) mass is 343 g/mol. The van der Waals surface area contributed by atoms with E-state index in [1.54, 1.807) is 24.3 Å². The van der Waals surface area contributed by atoms with Gasteiger partial charge < -0.3 is 5.32 Å². The second-order valence-corrected chi connectivity index (χ2v) is 5.85. The molecule has 0 aliphatic heterocycles. The van der Waals surface area contributed by atoms with Crippen molar-refractivity contribution >= 4 is 17.5 Å². The van der Waals surface area contributed by atoms with Crippen molar-refractivity contribution in [1.29, 1.82) is 0 Å². The Labute approximate surface area is 143 Å². The van der Waals surface area contributed by atoms with Gasteiger partial charge in [0, 0.05) is 10.6 Å². The van der Waals surface area contributed by atoms with E-state index < -0.39 is 0 Å². The SMILES string of the molecule is CC(NC(=O)c1cn[nH]c1-c1ccc(F)cc1)c1ccc(Cl)cc1. The van der Waals surface area contributed by atoms with Crippen LogP contribution < -0.4 is 5.32 Å². The highest BCUT2D eigenvalue weighted by Crippen LogP contribution is 2.22. The Balaban J connectivity index is 1.80. The summed E-state index contributed by atoms with van der Waals surface area (Å²) in [4.78, 5) is 12.5. The third kappa shape index (κ3) is 3.46. The molecule has 1 amide bonds. The summed E-state index contributed by atoms with van der Waals surface area (Å²) in [5, 5.41) is 10.3. The lowest BCUT2D eigenvalue weighted by Gasteiger charge is -2.14. The molecule has 122 valence electrons. The molecule has 0 fully saturated rings. The number of aromatic amines is 1. The van der Waals surface area contributed by atoms with E-state index in [-0.39, 0.29) is 17.8 Å². The smallest absolute Gasteiger partial charge is 0.255 e. The summed E-state index contributed by atoms with van der Waals surface area (Å²) in [5.41, 5.74) is 2.59. The van der Waals surface area contributed by atoms with E-state index in [9.17, 15) is 9.18 Å². The Morgan fingerprint density at radius 2 is 1.83 bits per heavy atom. The van der Waals surface area contributed by atoms with Gasteiger partial charge in [-0.05, 0) is 48.9 Å². The molecule has 0 saturated heterocycles. The molecule has 0 aliphatic rings. The van der Waals surface area contributed by atoms with Gasteiger partial charge in [0.15, 0.2) is 0 Å². The lowest BCUT2D eigenvalue weighted by atomic mass is 10.1. The van der Waals surface area contributed by atoms with Crippen LogP contribution in [0.5, 0.6) is 0 Å². The van der Waals surface area contributed by atoms with E-state index in [0.29, 0.717) is 21.8 Å². The molecule has 0 radical (unpaired) electrons. The molecule has 4 nitrogen and oxygen atoms in total.